The number of para-hydroxylation sites is 1. The first-order valence-corrected chi connectivity index (χ1v) is 7.94. The summed E-state index contributed by atoms with van der Waals surface area (Å²) in [4.78, 5) is 36.2. The van der Waals surface area contributed by atoms with Gasteiger partial charge in [0.05, 0.1) is 0 Å². The van der Waals surface area contributed by atoms with Gasteiger partial charge in [-0.3, -0.25) is 14.4 Å². The van der Waals surface area contributed by atoms with Crippen LogP contribution in [0.5, 0.6) is 0 Å². The molecule has 1 aromatic carbocycles. The molecule has 2 rings (SSSR count). The zero-order valence-electron chi connectivity index (χ0n) is 14.3. The Labute approximate surface area is 144 Å². The van der Waals surface area contributed by atoms with Crippen molar-refractivity contribution in [3.05, 3.63) is 52.1 Å². The van der Waals surface area contributed by atoms with Crippen LogP contribution in [-0.2, 0) is 14.4 Å². The highest BCUT2D eigenvalue weighted by Gasteiger charge is 2.27. The fraction of sp³-hybridized carbons (Fsp3) is 0.316. The molecule has 0 radical (unpaired) electrons. The van der Waals surface area contributed by atoms with Gasteiger partial charge in [-0.1, -0.05) is 6.07 Å². The molecule has 0 heterocycles. The maximum atomic E-state index is 13.5. The molecular weight excluding hydrogens is 328 g/mol. The third-order valence-electron chi connectivity index (χ3n) is 4.37. The molecule has 0 saturated carbocycles. The number of rotatable bonds is 5. The number of hydrogen-bond acceptors (Lipinski definition) is 3. The molecule has 0 fully saturated rings. The van der Waals surface area contributed by atoms with Crippen molar-refractivity contribution >= 4 is 23.2 Å². The number of Topliss-reactive ketones (excluding diaryl/α,β-unsaturated/α-hetero) is 2. The van der Waals surface area contributed by atoms with E-state index >= 15 is 0 Å². The summed E-state index contributed by atoms with van der Waals surface area (Å²) in [6, 6.07) is 3.31. The Morgan fingerprint density at radius 1 is 0.960 bits per heavy atom. The first-order valence-electron chi connectivity index (χ1n) is 7.94. The normalized spacial score (nSPS) is 15.1. The number of ketones is 2. The Morgan fingerprint density at radius 3 is 2.12 bits per heavy atom. The highest BCUT2D eigenvalue weighted by molar-refractivity contribution is 6.24. The quantitative estimate of drug-likeness (QED) is 0.822. The summed E-state index contributed by atoms with van der Waals surface area (Å²) in [5, 5.41) is 2.20. The van der Waals surface area contributed by atoms with Gasteiger partial charge in [0.2, 0.25) is 5.91 Å². The second kappa shape index (κ2) is 7.51. The maximum Gasteiger partial charge on any atom is 0.224 e. The summed E-state index contributed by atoms with van der Waals surface area (Å²) in [5.41, 5.74) is 1.18. The van der Waals surface area contributed by atoms with E-state index in [1.54, 1.807) is 20.8 Å². The lowest BCUT2D eigenvalue weighted by Gasteiger charge is -2.18. The standard InChI is InChI=1S/C19H19F2NO3/c1-10-11(2)19(25)13(12(3)18(10)24)6-4-9-16(23)22-17-14(20)7-5-8-15(17)21/h5,7-8H,4,6,9H2,1-3H3,(H,22,23). The molecule has 0 unspecified atom stereocenters. The number of amides is 1. The van der Waals surface area contributed by atoms with Gasteiger partial charge < -0.3 is 5.32 Å². The van der Waals surface area contributed by atoms with Crippen LogP contribution >= 0.6 is 0 Å². The summed E-state index contributed by atoms with van der Waals surface area (Å²) < 4.78 is 27.0. The zero-order chi connectivity index (χ0) is 18.7. The number of nitrogens with one attached hydrogen (secondary N) is 1. The van der Waals surface area contributed by atoms with Gasteiger partial charge in [-0.15, -0.1) is 0 Å². The molecule has 1 aliphatic carbocycles. The SMILES string of the molecule is CC1=C(C)C(=O)C(CCCC(=O)Nc2c(F)cccc2F)=C(C)C1=O. The predicted molar refractivity (Wildman–Crippen MR) is 89.9 cm³/mol. The van der Waals surface area contributed by atoms with Crippen LogP contribution in [0.1, 0.15) is 40.0 Å². The van der Waals surface area contributed by atoms with Crippen LogP contribution in [0.4, 0.5) is 14.5 Å². The fourth-order valence-electron chi connectivity index (χ4n) is 2.70. The lowest BCUT2D eigenvalue weighted by molar-refractivity contribution is -0.117. The van der Waals surface area contributed by atoms with Gasteiger partial charge in [0.1, 0.15) is 17.3 Å². The van der Waals surface area contributed by atoms with Crippen molar-refractivity contribution in [3.63, 3.8) is 0 Å². The summed E-state index contributed by atoms with van der Waals surface area (Å²) in [7, 11) is 0. The lowest BCUT2D eigenvalue weighted by Crippen LogP contribution is -2.21. The van der Waals surface area contributed by atoms with Crippen LogP contribution in [0, 0.1) is 11.6 Å². The van der Waals surface area contributed by atoms with Crippen molar-refractivity contribution in [1.29, 1.82) is 0 Å². The minimum Gasteiger partial charge on any atom is -0.321 e. The van der Waals surface area contributed by atoms with Gasteiger partial charge in [0.15, 0.2) is 11.6 Å². The Bertz CT molecular complexity index is 802. The lowest BCUT2D eigenvalue weighted by atomic mass is 9.84. The smallest absolute Gasteiger partial charge is 0.224 e. The highest BCUT2D eigenvalue weighted by atomic mass is 19.1. The minimum absolute atomic E-state index is 0.0201. The van der Waals surface area contributed by atoms with E-state index < -0.39 is 23.2 Å². The van der Waals surface area contributed by atoms with Crippen molar-refractivity contribution in [3.8, 4) is 0 Å². The second-order valence-electron chi connectivity index (χ2n) is 6.01. The van der Waals surface area contributed by atoms with Gasteiger partial charge in [-0.25, -0.2) is 8.78 Å². The molecule has 6 heteroatoms. The van der Waals surface area contributed by atoms with Gasteiger partial charge >= 0.3 is 0 Å². The molecule has 1 aromatic rings. The van der Waals surface area contributed by atoms with Crippen LogP contribution in [-0.4, -0.2) is 17.5 Å². The average molecular weight is 347 g/mol. The number of halogens is 2. The average Bonchev–Trinajstić information content (AvgIpc) is 2.58. The molecule has 0 spiro atoms. The van der Waals surface area contributed by atoms with Crippen LogP contribution in [0.25, 0.3) is 0 Å². The van der Waals surface area contributed by atoms with E-state index in [0.717, 1.165) is 12.1 Å². The molecule has 0 atom stereocenters. The number of hydrogen-bond donors (Lipinski definition) is 1. The minimum atomic E-state index is -0.851. The Balaban J connectivity index is 1.98. The number of anilines is 1. The van der Waals surface area contributed by atoms with E-state index in [9.17, 15) is 23.2 Å². The van der Waals surface area contributed by atoms with E-state index in [2.05, 4.69) is 5.32 Å². The molecule has 1 N–H and O–H groups in total. The molecule has 132 valence electrons. The van der Waals surface area contributed by atoms with Crippen LogP contribution in [0.15, 0.2) is 40.5 Å². The van der Waals surface area contributed by atoms with E-state index in [1.165, 1.54) is 6.07 Å². The predicted octanol–water partition coefficient (Wildman–Crippen LogP) is 3.88. The Morgan fingerprint density at radius 2 is 1.52 bits per heavy atom. The number of benzene rings is 1. The van der Waals surface area contributed by atoms with Crippen molar-refractivity contribution in [1.82, 2.24) is 0 Å². The van der Waals surface area contributed by atoms with Gasteiger partial charge in [-0.05, 0) is 45.7 Å². The first kappa shape index (κ1) is 18.7. The summed E-state index contributed by atoms with van der Waals surface area (Å²) >= 11 is 0. The number of carbonyl (C=O) groups is 3. The Kier molecular flexibility index (Phi) is 5.62. The first-order chi connectivity index (χ1) is 11.7. The molecule has 0 saturated heterocycles. The second-order valence-corrected chi connectivity index (χ2v) is 6.01. The summed E-state index contributed by atoms with van der Waals surface area (Å²) in [5.74, 6) is -2.60. The molecule has 4 nitrogen and oxygen atoms in total. The monoisotopic (exact) mass is 347 g/mol. The summed E-state index contributed by atoms with van der Waals surface area (Å²) in [6.45, 7) is 4.82. The largest absolute Gasteiger partial charge is 0.321 e. The topological polar surface area (TPSA) is 63.2 Å². The highest BCUT2D eigenvalue weighted by Crippen LogP contribution is 2.27. The van der Waals surface area contributed by atoms with E-state index in [-0.39, 0.29) is 24.4 Å². The molecule has 0 aliphatic heterocycles. The van der Waals surface area contributed by atoms with Gasteiger partial charge in [-0.2, -0.15) is 0 Å². The van der Waals surface area contributed by atoms with E-state index in [0.29, 0.717) is 28.7 Å². The van der Waals surface area contributed by atoms with Crippen molar-refractivity contribution in [2.24, 2.45) is 0 Å². The fourth-order valence-corrected chi connectivity index (χ4v) is 2.70. The molecular formula is C19H19F2NO3. The summed E-state index contributed by atoms with van der Waals surface area (Å²) in [6.07, 6.45) is 0.530. The van der Waals surface area contributed by atoms with Crippen molar-refractivity contribution in [2.75, 3.05) is 5.32 Å². The van der Waals surface area contributed by atoms with E-state index in [4.69, 9.17) is 0 Å². The maximum absolute atomic E-state index is 13.5. The molecule has 25 heavy (non-hydrogen) atoms. The number of allylic oxidation sites excluding steroid dienone is 4. The number of carbonyl (C=O) groups excluding carboxylic acids is 3. The molecule has 0 aromatic heterocycles. The van der Waals surface area contributed by atoms with Crippen LogP contribution in [0.3, 0.4) is 0 Å². The Hall–Kier alpha value is -2.63. The molecule has 1 amide bonds. The molecule has 0 bridgehead atoms. The van der Waals surface area contributed by atoms with Crippen LogP contribution < -0.4 is 5.32 Å². The van der Waals surface area contributed by atoms with Crippen molar-refractivity contribution in [2.45, 2.75) is 40.0 Å². The van der Waals surface area contributed by atoms with Gasteiger partial charge in [0.25, 0.3) is 0 Å². The third-order valence-corrected chi connectivity index (χ3v) is 4.37. The third kappa shape index (κ3) is 3.90. The molecule has 1 aliphatic rings. The van der Waals surface area contributed by atoms with Gasteiger partial charge in [0, 0.05) is 28.7 Å². The van der Waals surface area contributed by atoms with Crippen molar-refractivity contribution < 1.29 is 23.2 Å². The van der Waals surface area contributed by atoms with Crippen LogP contribution in [0.2, 0.25) is 0 Å². The zero-order valence-corrected chi connectivity index (χ0v) is 14.3. The van der Waals surface area contributed by atoms with E-state index in [1.807, 2.05) is 0 Å².